The van der Waals surface area contributed by atoms with Crippen molar-refractivity contribution in [1.29, 1.82) is 0 Å². The van der Waals surface area contributed by atoms with Gasteiger partial charge in [-0.25, -0.2) is 18.4 Å². The number of aryl methyl sites for hydroxylation is 2. The lowest BCUT2D eigenvalue weighted by Crippen LogP contribution is -2.51. The standard InChI is InChI=1S/C52H54F2N10O7/c1-3-35-38(53)12-9-30-22-34(65)23-36(43(30)35)45-44(54)46-37(24-56-45)47(62-25-31-10-11-32(26-62)57-31)60-49(59-46)71-28-52-17-6-20-63(52)33(16-18-52)27-70-50(68)55-19-5-4-7-29-8-13-39-41(21-29)61(2)51(69)64(39)40-14-15-42(66)58-48(40)67/h1,8-9,12-13,21-24,31-33,40,57,65H,4-7,10-11,14-20,25-28H2,2H3,(H,55,68)(H,58,66,67)/t31-,32+,33-,40?,52-/m0/s1. The fourth-order valence-electron chi connectivity index (χ4n) is 11.9. The molecule has 5 fully saturated rings. The van der Waals surface area contributed by atoms with Gasteiger partial charge in [-0.3, -0.25) is 33.9 Å². The largest absolute Gasteiger partial charge is 0.508 e. The van der Waals surface area contributed by atoms with E-state index in [0.717, 1.165) is 57.1 Å². The number of aromatic nitrogens is 5. The zero-order valence-electron chi connectivity index (χ0n) is 39.3. The van der Waals surface area contributed by atoms with Crippen LogP contribution in [-0.4, -0.2) is 115 Å². The highest BCUT2D eigenvalue weighted by Crippen LogP contribution is 2.44. The monoisotopic (exact) mass is 968 g/mol. The number of alkyl carbamates (subject to hydrolysis) is 1. The summed E-state index contributed by atoms with van der Waals surface area (Å²) in [6.07, 6.45) is 14.8. The lowest BCUT2D eigenvalue weighted by atomic mass is 9.95. The molecule has 368 valence electrons. The maximum Gasteiger partial charge on any atom is 0.407 e. The molecule has 6 aromatic rings. The molecule has 71 heavy (non-hydrogen) atoms. The third kappa shape index (κ3) is 8.45. The highest BCUT2D eigenvalue weighted by molar-refractivity contribution is 6.03. The molecule has 3 aromatic carbocycles. The average molecular weight is 969 g/mol. The molecular formula is C52H54F2N10O7. The van der Waals surface area contributed by atoms with Crippen molar-refractivity contribution in [3.63, 3.8) is 0 Å². The summed E-state index contributed by atoms with van der Waals surface area (Å²) in [6.45, 7) is 3.00. The molecule has 3 amide bonds. The first-order valence-electron chi connectivity index (χ1n) is 24.5. The molecule has 5 aliphatic rings. The van der Waals surface area contributed by atoms with Crippen molar-refractivity contribution in [1.82, 2.24) is 44.9 Å². The number of pyridine rings is 1. The Morgan fingerprint density at radius 3 is 2.65 bits per heavy atom. The van der Waals surface area contributed by atoms with Crippen molar-refractivity contribution in [2.75, 3.05) is 44.3 Å². The van der Waals surface area contributed by atoms with Crippen LogP contribution in [0.4, 0.5) is 19.4 Å². The molecule has 4 N–H and O–H groups in total. The normalized spacial score (nSPS) is 23.1. The Kier molecular flexibility index (Phi) is 12.1. The van der Waals surface area contributed by atoms with Gasteiger partial charge < -0.3 is 30.1 Å². The maximum absolute atomic E-state index is 17.2. The highest BCUT2D eigenvalue weighted by atomic mass is 19.1. The molecule has 5 atom stereocenters. The molecule has 5 saturated heterocycles. The van der Waals surface area contributed by atoms with E-state index in [1.54, 1.807) is 7.05 Å². The van der Waals surface area contributed by atoms with E-state index in [1.807, 2.05) is 18.2 Å². The molecule has 3 aromatic heterocycles. The van der Waals surface area contributed by atoms with Crippen LogP contribution >= 0.6 is 0 Å². The first kappa shape index (κ1) is 46.2. The third-order valence-corrected chi connectivity index (χ3v) is 15.4. The number of unbranched alkanes of at least 4 members (excludes halogenated alkanes) is 1. The van der Waals surface area contributed by atoms with Gasteiger partial charge in [0.1, 0.15) is 47.9 Å². The second-order valence-electron chi connectivity index (χ2n) is 19.7. The van der Waals surface area contributed by atoms with E-state index in [2.05, 4.69) is 41.6 Å². The molecule has 5 aliphatic heterocycles. The van der Waals surface area contributed by atoms with E-state index >= 15 is 8.78 Å². The van der Waals surface area contributed by atoms with Crippen LogP contribution in [0.3, 0.4) is 0 Å². The predicted octanol–water partition coefficient (Wildman–Crippen LogP) is 5.51. The molecule has 0 saturated carbocycles. The number of phenolic OH excluding ortho intramolecular Hbond substituents is 1. The Hall–Kier alpha value is -7.17. The summed E-state index contributed by atoms with van der Waals surface area (Å²) < 4.78 is 47.5. The number of amides is 3. The van der Waals surface area contributed by atoms with Gasteiger partial charge in [0.15, 0.2) is 5.82 Å². The average Bonchev–Trinajstić information content (AvgIpc) is 4.10. The van der Waals surface area contributed by atoms with Gasteiger partial charge in [0.05, 0.1) is 27.5 Å². The minimum Gasteiger partial charge on any atom is -0.508 e. The summed E-state index contributed by atoms with van der Waals surface area (Å²) in [5.74, 6) is 0.504. The number of imide groups is 1. The molecule has 0 aliphatic carbocycles. The molecule has 17 nitrogen and oxygen atoms in total. The smallest absolute Gasteiger partial charge is 0.407 e. The van der Waals surface area contributed by atoms with Crippen molar-refractivity contribution in [2.45, 2.75) is 100 Å². The number of carbonyl (C=O) groups excluding carboxylic acids is 3. The number of rotatable bonds is 13. The van der Waals surface area contributed by atoms with Crippen molar-refractivity contribution in [3.8, 4) is 35.4 Å². The summed E-state index contributed by atoms with van der Waals surface area (Å²) in [5.41, 5.74) is 1.58. The van der Waals surface area contributed by atoms with Gasteiger partial charge in [-0.15, -0.1) is 6.42 Å². The summed E-state index contributed by atoms with van der Waals surface area (Å²) >= 11 is 0. The van der Waals surface area contributed by atoms with Crippen molar-refractivity contribution in [2.24, 2.45) is 7.05 Å². The Labute approximate surface area is 406 Å². The van der Waals surface area contributed by atoms with Crippen LogP contribution in [0.1, 0.15) is 81.4 Å². The third-order valence-electron chi connectivity index (χ3n) is 15.4. The fraction of sp³-hybridized carbons (Fsp3) is 0.442. The number of hydrogen-bond donors (Lipinski definition) is 4. The highest BCUT2D eigenvalue weighted by Gasteiger charge is 2.50. The number of fused-ring (bicyclic) bond motifs is 6. The number of ether oxygens (including phenoxy) is 2. The quantitative estimate of drug-likeness (QED) is 0.0644. The number of nitrogens with one attached hydrogen (secondary N) is 3. The second-order valence-corrected chi connectivity index (χ2v) is 19.7. The van der Waals surface area contributed by atoms with Gasteiger partial charge in [0.2, 0.25) is 11.8 Å². The van der Waals surface area contributed by atoms with Crippen LogP contribution in [0.5, 0.6) is 11.8 Å². The minimum absolute atomic E-state index is 0.0147. The van der Waals surface area contributed by atoms with E-state index < -0.39 is 29.7 Å². The summed E-state index contributed by atoms with van der Waals surface area (Å²) in [4.78, 5) is 69.0. The minimum atomic E-state index is -0.780. The zero-order chi connectivity index (χ0) is 49.1. The molecule has 19 heteroatoms. The van der Waals surface area contributed by atoms with Gasteiger partial charge in [-0.05, 0) is 112 Å². The Morgan fingerprint density at radius 2 is 1.85 bits per heavy atom. The molecular weight excluding hydrogens is 915 g/mol. The number of phenols is 1. The number of benzene rings is 3. The van der Waals surface area contributed by atoms with E-state index in [4.69, 9.17) is 20.9 Å². The van der Waals surface area contributed by atoms with Crippen LogP contribution in [0.25, 0.3) is 44.0 Å². The molecule has 8 heterocycles. The van der Waals surface area contributed by atoms with Gasteiger partial charge in [-0.1, -0.05) is 18.1 Å². The number of halogens is 2. The molecule has 1 unspecified atom stereocenters. The first-order valence-corrected chi connectivity index (χ1v) is 24.5. The van der Waals surface area contributed by atoms with Crippen LogP contribution < -0.4 is 31.3 Å². The number of imidazole rings is 1. The number of anilines is 1. The van der Waals surface area contributed by atoms with Gasteiger partial charge in [0, 0.05) is 68.4 Å². The number of terminal acetylenes is 1. The predicted molar refractivity (Wildman–Crippen MR) is 260 cm³/mol. The molecule has 11 rings (SSSR count). The lowest BCUT2D eigenvalue weighted by molar-refractivity contribution is -0.135. The summed E-state index contributed by atoms with van der Waals surface area (Å²) in [5, 5.41) is 20.6. The van der Waals surface area contributed by atoms with Crippen molar-refractivity contribution in [3.05, 3.63) is 81.9 Å². The van der Waals surface area contributed by atoms with Crippen molar-refractivity contribution >= 4 is 56.4 Å². The summed E-state index contributed by atoms with van der Waals surface area (Å²) in [7, 11) is 1.67. The van der Waals surface area contributed by atoms with Crippen LogP contribution in [-0.2, 0) is 27.8 Å². The number of hydrogen-bond acceptors (Lipinski definition) is 13. The number of aromatic hydroxyl groups is 1. The van der Waals surface area contributed by atoms with E-state index in [9.17, 15) is 24.3 Å². The van der Waals surface area contributed by atoms with Crippen LogP contribution in [0, 0.1) is 24.0 Å². The number of nitrogens with zero attached hydrogens (tertiary/aromatic N) is 7. The van der Waals surface area contributed by atoms with Gasteiger partial charge >= 0.3 is 17.8 Å². The van der Waals surface area contributed by atoms with E-state index in [1.165, 1.54) is 39.6 Å². The van der Waals surface area contributed by atoms with Gasteiger partial charge in [-0.2, -0.15) is 9.97 Å². The molecule has 2 bridgehead atoms. The van der Waals surface area contributed by atoms with E-state index in [-0.39, 0.29) is 101 Å². The van der Waals surface area contributed by atoms with E-state index in [0.29, 0.717) is 60.1 Å². The number of carbonyl (C=O) groups is 3. The number of piperidine rings is 1. The Balaban J connectivity index is 0.740. The lowest BCUT2D eigenvalue weighted by Gasteiger charge is -2.35. The molecule has 0 spiro atoms. The number of piperazine rings is 1. The Morgan fingerprint density at radius 1 is 1.01 bits per heavy atom. The molecule has 0 radical (unpaired) electrons. The topological polar surface area (TPSA) is 198 Å². The van der Waals surface area contributed by atoms with Crippen molar-refractivity contribution < 1.29 is 37.7 Å². The first-order chi connectivity index (χ1) is 34.4. The Bertz CT molecular complexity index is 3250. The SMILES string of the molecule is C#Cc1c(F)ccc2cc(O)cc(-c3ncc4c(N5C[C@H]6CC[C@@H](C5)N6)nc(OC[C@@]56CCCN5[C@H](COC(=O)NCCCCc5ccc7c(c5)n(C)c(=O)n7C5CCC(=O)NC5=O)CC6)nc4c3F)c12. The van der Waals surface area contributed by atoms with Crippen LogP contribution in [0.15, 0.2) is 53.5 Å². The maximum atomic E-state index is 17.2. The second kappa shape index (κ2) is 18.5. The zero-order valence-corrected chi connectivity index (χ0v) is 39.3. The van der Waals surface area contributed by atoms with Crippen LogP contribution in [0.2, 0.25) is 0 Å². The summed E-state index contributed by atoms with van der Waals surface area (Å²) in [6, 6.07) is 11.0. The fourth-order valence-corrected chi connectivity index (χ4v) is 11.9. The van der Waals surface area contributed by atoms with Gasteiger partial charge in [0.25, 0.3) is 0 Å².